The van der Waals surface area contributed by atoms with E-state index in [1.165, 1.54) is 0 Å². The van der Waals surface area contributed by atoms with Gasteiger partial charge in [0, 0.05) is 26.2 Å². The van der Waals surface area contributed by atoms with E-state index in [0.29, 0.717) is 26.2 Å². The third-order valence-corrected chi connectivity index (χ3v) is 6.49. The number of carbonyl (C=O) groups excluding carboxylic acids is 1. The predicted molar refractivity (Wildman–Crippen MR) is 137 cm³/mol. The van der Waals surface area contributed by atoms with Crippen molar-refractivity contribution in [3.05, 3.63) is 102 Å². The molecule has 1 saturated heterocycles. The molecule has 0 saturated carbocycles. The molecule has 4 aromatic rings. The number of ether oxygens (including phenoxy) is 1. The predicted octanol–water partition coefficient (Wildman–Crippen LogP) is 3.54. The minimum Gasteiger partial charge on any atom is -0.494 e. The van der Waals surface area contributed by atoms with Crippen molar-refractivity contribution in [2.24, 2.45) is 0 Å². The number of benzene rings is 3. The van der Waals surface area contributed by atoms with Gasteiger partial charge >= 0.3 is 0 Å². The summed E-state index contributed by atoms with van der Waals surface area (Å²) in [4.78, 5) is 18.0. The molecule has 1 aliphatic rings. The van der Waals surface area contributed by atoms with Gasteiger partial charge in [-0.3, -0.25) is 9.69 Å². The first-order valence-electron chi connectivity index (χ1n) is 12.3. The highest BCUT2D eigenvalue weighted by Crippen LogP contribution is 2.27. The SMILES string of the molecule is CCOc1ccc(-n2nnnc2CN2CCN(C(=O)C(c3ccccc3)c3ccccc3)CC2)cc1. The number of rotatable bonds is 8. The van der Waals surface area contributed by atoms with Gasteiger partial charge in [-0.1, -0.05) is 60.7 Å². The molecule has 1 amide bonds. The fourth-order valence-electron chi connectivity index (χ4n) is 4.63. The van der Waals surface area contributed by atoms with E-state index in [4.69, 9.17) is 4.74 Å². The topological polar surface area (TPSA) is 76.4 Å². The van der Waals surface area contributed by atoms with Crippen LogP contribution in [0.3, 0.4) is 0 Å². The van der Waals surface area contributed by atoms with Crippen molar-refractivity contribution in [2.45, 2.75) is 19.4 Å². The van der Waals surface area contributed by atoms with Crippen LogP contribution in [0.5, 0.6) is 5.75 Å². The van der Waals surface area contributed by atoms with Crippen LogP contribution in [0.15, 0.2) is 84.9 Å². The highest BCUT2D eigenvalue weighted by molar-refractivity contribution is 5.87. The largest absolute Gasteiger partial charge is 0.494 e. The van der Waals surface area contributed by atoms with E-state index in [-0.39, 0.29) is 11.8 Å². The molecule has 1 aliphatic heterocycles. The van der Waals surface area contributed by atoms with Crippen molar-refractivity contribution in [2.75, 3.05) is 32.8 Å². The number of hydrogen-bond acceptors (Lipinski definition) is 6. The number of piperazine rings is 1. The van der Waals surface area contributed by atoms with Crippen LogP contribution < -0.4 is 4.74 Å². The first kappa shape index (κ1) is 23.7. The van der Waals surface area contributed by atoms with Gasteiger partial charge in [0.25, 0.3) is 0 Å². The molecule has 36 heavy (non-hydrogen) atoms. The molecule has 0 N–H and O–H groups in total. The number of hydrogen-bond donors (Lipinski definition) is 0. The maximum atomic E-state index is 13.7. The van der Waals surface area contributed by atoms with Gasteiger partial charge in [-0.05, 0) is 52.7 Å². The fourth-order valence-corrected chi connectivity index (χ4v) is 4.63. The van der Waals surface area contributed by atoms with E-state index in [1.54, 1.807) is 4.68 Å². The molecule has 0 spiro atoms. The number of amides is 1. The number of tetrazole rings is 1. The lowest BCUT2D eigenvalue weighted by Crippen LogP contribution is -2.49. The summed E-state index contributed by atoms with van der Waals surface area (Å²) in [6, 6.07) is 27.8. The summed E-state index contributed by atoms with van der Waals surface area (Å²) in [5, 5.41) is 12.3. The van der Waals surface area contributed by atoms with E-state index in [9.17, 15) is 4.79 Å². The Hall–Kier alpha value is -4.04. The molecule has 0 atom stereocenters. The monoisotopic (exact) mass is 482 g/mol. The van der Waals surface area contributed by atoms with Gasteiger partial charge in [0.15, 0.2) is 5.82 Å². The Morgan fingerprint density at radius 3 is 2.06 bits per heavy atom. The van der Waals surface area contributed by atoms with Crippen molar-refractivity contribution < 1.29 is 9.53 Å². The molecule has 5 rings (SSSR count). The summed E-state index contributed by atoms with van der Waals surface area (Å²) in [7, 11) is 0. The number of carbonyl (C=O) groups is 1. The summed E-state index contributed by atoms with van der Waals surface area (Å²) in [5.41, 5.74) is 2.93. The molecule has 8 heteroatoms. The minimum absolute atomic E-state index is 0.145. The Labute approximate surface area is 211 Å². The van der Waals surface area contributed by atoms with Crippen LogP contribution in [-0.4, -0.2) is 68.7 Å². The third kappa shape index (κ3) is 5.28. The average Bonchev–Trinajstić information content (AvgIpc) is 3.39. The van der Waals surface area contributed by atoms with Crippen molar-refractivity contribution in [1.82, 2.24) is 30.0 Å². The van der Waals surface area contributed by atoms with Gasteiger partial charge in [0.2, 0.25) is 5.91 Å². The molecule has 0 radical (unpaired) electrons. The molecular formula is C28H30N6O2. The first-order valence-corrected chi connectivity index (χ1v) is 12.3. The lowest BCUT2D eigenvalue weighted by Gasteiger charge is -2.36. The summed E-state index contributed by atoms with van der Waals surface area (Å²) in [6.07, 6.45) is 0. The Balaban J connectivity index is 1.25. The van der Waals surface area contributed by atoms with Crippen LogP contribution in [0.1, 0.15) is 29.8 Å². The second-order valence-electron chi connectivity index (χ2n) is 8.79. The van der Waals surface area contributed by atoms with Crippen LogP contribution in [0, 0.1) is 0 Å². The zero-order valence-corrected chi connectivity index (χ0v) is 20.4. The van der Waals surface area contributed by atoms with Crippen LogP contribution in [0.25, 0.3) is 5.69 Å². The van der Waals surface area contributed by atoms with E-state index in [1.807, 2.05) is 96.8 Å². The highest BCUT2D eigenvalue weighted by Gasteiger charge is 2.30. The maximum Gasteiger partial charge on any atom is 0.234 e. The molecular weight excluding hydrogens is 452 g/mol. The van der Waals surface area contributed by atoms with Crippen molar-refractivity contribution in [3.8, 4) is 11.4 Å². The van der Waals surface area contributed by atoms with Crippen LogP contribution in [-0.2, 0) is 11.3 Å². The quantitative estimate of drug-likeness (QED) is 0.382. The Kier molecular flexibility index (Phi) is 7.33. The fraction of sp³-hybridized carbons (Fsp3) is 0.286. The second-order valence-corrected chi connectivity index (χ2v) is 8.79. The lowest BCUT2D eigenvalue weighted by molar-refractivity contribution is -0.133. The zero-order valence-electron chi connectivity index (χ0n) is 20.4. The van der Waals surface area contributed by atoms with E-state index in [0.717, 1.165) is 41.5 Å². The molecule has 8 nitrogen and oxygen atoms in total. The standard InChI is InChI=1S/C28H30N6O2/c1-2-36-25-15-13-24(14-16-25)34-26(29-30-31-34)21-32-17-19-33(20-18-32)28(35)27(22-9-5-3-6-10-22)23-11-7-4-8-12-23/h3-16,27H,2,17-21H2,1H3. The summed E-state index contributed by atoms with van der Waals surface area (Å²) in [6.45, 7) is 6.06. The summed E-state index contributed by atoms with van der Waals surface area (Å²) >= 11 is 0. The smallest absolute Gasteiger partial charge is 0.234 e. The second kappa shape index (κ2) is 11.1. The van der Waals surface area contributed by atoms with Crippen molar-refractivity contribution in [3.63, 3.8) is 0 Å². The molecule has 1 fully saturated rings. The first-order chi connectivity index (χ1) is 17.7. The number of nitrogens with zero attached hydrogens (tertiary/aromatic N) is 6. The van der Waals surface area contributed by atoms with Gasteiger partial charge < -0.3 is 9.64 Å². The number of aromatic nitrogens is 4. The Morgan fingerprint density at radius 1 is 0.861 bits per heavy atom. The zero-order chi connectivity index (χ0) is 24.7. The maximum absolute atomic E-state index is 13.7. The van der Waals surface area contributed by atoms with Crippen LogP contribution >= 0.6 is 0 Å². The van der Waals surface area contributed by atoms with Gasteiger partial charge in [-0.2, -0.15) is 4.68 Å². The summed E-state index contributed by atoms with van der Waals surface area (Å²) in [5.74, 6) is 1.43. The molecule has 0 unspecified atom stereocenters. The van der Waals surface area contributed by atoms with Gasteiger partial charge in [0.1, 0.15) is 5.75 Å². The highest BCUT2D eigenvalue weighted by atomic mass is 16.5. The molecule has 0 bridgehead atoms. The lowest BCUT2D eigenvalue weighted by atomic mass is 9.90. The van der Waals surface area contributed by atoms with E-state index < -0.39 is 0 Å². The molecule has 3 aromatic carbocycles. The van der Waals surface area contributed by atoms with Crippen LogP contribution in [0.4, 0.5) is 0 Å². The third-order valence-electron chi connectivity index (χ3n) is 6.49. The Bertz CT molecular complexity index is 1210. The van der Waals surface area contributed by atoms with Crippen molar-refractivity contribution >= 4 is 5.91 Å². The van der Waals surface area contributed by atoms with Gasteiger partial charge in [-0.15, -0.1) is 5.10 Å². The van der Waals surface area contributed by atoms with E-state index in [2.05, 4.69) is 20.4 Å². The van der Waals surface area contributed by atoms with Gasteiger partial charge in [-0.25, -0.2) is 0 Å². The van der Waals surface area contributed by atoms with Crippen molar-refractivity contribution in [1.29, 1.82) is 0 Å². The summed E-state index contributed by atoms with van der Waals surface area (Å²) < 4.78 is 7.29. The molecule has 184 valence electrons. The molecule has 1 aromatic heterocycles. The van der Waals surface area contributed by atoms with Crippen LogP contribution in [0.2, 0.25) is 0 Å². The average molecular weight is 483 g/mol. The normalized spacial score (nSPS) is 14.2. The van der Waals surface area contributed by atoms with E-state index >= 15 is 0 Å². The molecule has 2 heterocycles. The minimum atomic E-state index is -0.300. The van der Waals surface area contributed by atoms with Gasteiger partial charge in [0.05, 0.1) is 24.8 Å². The Morgan fingerprint density at radius 2 is 1.47 bits per heavy atom. The molecule has 0 aliphatic carbocycles.